The van der Waals surface area contributed by atoms with E-state index in [0.717, 1.165) is 12.1 Å². The number of hydrogen-bond donors (Lipinski definition) is 2. The Balaban J connectivity index is 4.50. The molecule has 0 atom stereocenters. The molecule has 0 aromatic rings. The lowest BCUT2D eigenvalue weighted by Gasteiger charge is -2.14. The van der Waals surface area contributed by atoms with Gasteiger partial charge in [-0.25, -0.2) is 4.79 Å². The maximum absolute atomic E-state index is 10.6. The lowest BCUT2D eigenvalue weighted by Crippen LogP contribution is -2.24. The van der Waals surface area contributed by atoms with Gasteiger partial charge in [0, 0.05) is 11.7 Å². The molecule has 3 heteroatoms. The van der Waals surface area contributed by atoms with Crippen molar-refractivity contribution < 1.29 is 9.90 Å². The summed E-state index contributed by atoms with van der Waals surface area (Å²) in [6, 6.07) is 0.286. The Morgan fingerprint density at radius 1 is 1.50 bits per heavy atom. The fourth-order valence-corrected chi connectivity index (χ4v) is 0.953. The van der Waals surface area contributed by atoms with Crippen LogP contribution in [0.5, 0.6) is 0 Å². The molecule has 0 aliphatic heterocycles. The maximum Gasteiger partial charge on any atom is 0.333 e. The zero-order chi connectivity index (χ0) is 9.72. The molecular weight excluding hydrogens is 154 g/mol. The van der Waals surface area contributed by atoms with E-state index >= 15 is 0 Å². The smallest absolute Gasteiger partial charge is 0.333 e. The number of allylic oxidation sites excluding steroid dienone is 1. The topological polar surface area (TPSA) is 49.3 Å². The highest BCUT2D eigenvalue weighted by Gasteiger charge is 2.07. The minimum atomic E-state index is -0.847. The Morgan fingerprint density at radius 2 is 2.00 bits per heavy atom. The van der Waals surface area contributed by atoms with Crippen molar-refractivity contribution in [3.8, 4) is 0 Å². The van der Waals surface area contributed by atoms with Crippen molar-refractivity contribution in [3.05, 3.63) is 11.3 Å². The number of carboxylic acids is 1. The molecule has 0 saturated carbocycles. The van der Waals surface area contributed by atoms with Crippen LogP contribution in [0.4, 0.5) is 0 Å². The monoisotopic (exact) mass is 171 g/mol. The Kier molecular flexibility index (Phi) is 4.40. The fourth-order valence-electron chi connectivity index (χ4n) is 0.953. The van der Waals surface area contributed by atoms with E-state index in [1.165, 1.54) is 0 Å². The van der Waals surface area contributed by atoms with Crippen molar-refractivity contribution in [2.24, 2.45) is 0 Å². The number of carbonyl (C=O) groups is 1. The van der Waals surface area contributed by atoms with E-state index in [2.05, 4.69) is 5.32 Å². The van der Waals surface area contributed by atoms with Crippen molar-refractivity contribution in [1.82, 2.24) is 5.32 Å². The highest BCUT2D eigenvalue weighted by atomic mass is 16.4. The summed E-state index contributed by atoms with van der Waals surface area (Å²) in [6.45, 7) is 7.54. The molecule has 12 heavy (non-hydrogen) atoms. The number of nitrogens with one attached hydrogen (secondary N) is 1. The van der Waals surface area contributed by atoms with Crippen molar-refractivity contribution in [1.29, 1.82) is 0 Å². The van der Waals surface area contributed by atoms with Gasteiger partial charge in [0.1, 0.15) is 0 Å². The van der Waals surface area contributed by atoms with E-state index < -0.39 is 5.97 Å². The molecule has 0 heterocycles. The predicted molar refractivity (Wildman–Crippen MR) is 48.9 cm³/mol. The van der Waals surface area contributed by atoms with Crippen LogP contribution in [0, 0.1) is 0 Å². The quantitative estimate of drug-likeness (QED) is 0.633. The first-order valence-corrected chi connectivity index (χ1v) is 4.18. The molecule has 70 valence electrons. The Bertz CT molecular complexity index is 195. The molecule has 0 bridgehead atoms. The third-order valence-corrected chi connectivity index (χ3v) is 1.59. The predicted octanol–water partition coefficient (Wildman–Crippen LogP) is 1.75. The minimum absolute atomic E-state index is 0.286. The average Bonchev–Trinajstić information content (AvgIpc) is 1.98. The fraction of sp³-hybridized carbons (Fsp3) is 0.667. The summed E-state index contributed by atoms with van der Waals surface area (Å²) in [7, 11) is 0. The van der Waals surface area contributed by atoms with Gasteiger partial charge in [0.05, 0.1) is 5.57 Å². The molecule has 0 unspecified atom stereocenters. The van der Waals surface area contributed by atoms with Crippen LogP contribution in [-0.2, 0) is 4.79 Å². The summed E-state index contributed by atoms with van der Waals surface area (Å²) < 4.78 is 0. The summed E-state index contributed by atoms with van der Waals surface area (Å²) in [6.07, 6.45) is 0.732. The third-order valence-electron chi connectivity index (χ3n) is 1.59. The molecule has 0 aromatic heterocycles. The van der Waals surface area contributed by atoms with Crippen LogP contribution < -0.4 is 5.32 Å². The molecule has 0 fully saturated rings. The molecule has 0 saturated heterocycles. The first-order chi connectivity index (χ1) is 5.49. The molecular formula is C9H17NO2. The highest BCUT2D eigenvalue weighted by molar-refractivity contribution is 5.86. The van der Waals surface area contributed by atoms with Crippen LogP contribution in [0.3, 0.4) is 0 Å². The van der Waals surface area contributed by atoms with Gasteiger partial charge in [-0.05, 0) is 27.2 Å². The standard InChI is InChI=1S/C9H17NO2/c1-5-8(10-6(2)3)7(4)9(11)12/h6,10H,5H2,1-4H3,(H,11,12)/b8-7+. The number of hydrogen-bond acceptors (Lipinski definition) is 2. The zero-order valence-corrected chi connectivity index (χ0v) is 8.14. The van der Waals surface area contributed by atoms with Gasteiger partial charge in [0.25, 0.3) is 0 Å². The second-order valence-corrected chi connectivity index (χ2v) is 3.06. The van der Waals surface area contributed by atoms with Gasteiger partial charge in [-0.1, -0.05) is 6.92 Å². The van der Waals surface area contributed by atoms with Crippen LogP contribution >= 0.6 is 0 Å². The lowest BCUT2D eigenvalue weighted by atomic mass is 10.2. The van der Waals surface area contributed by atoms with E-state index in [0.29, 0.717) is 5.57 Å². The molecule has 0 spiro atoms. The van der Waals surface area contributed by atoms with Crippen molar-refractivity contribution >= 4 is 5.97 Å². The Labute approximate surface area is 73.5 Å². The average molecular weight is 171 g/mol. The van der Waals surface area contributed by atoms with Crippen LogP contribution in [0.15, 0.2) is 11.3 Å². The molecule has 0 amide bonds. The van der Waals surface area contributed by atoms with Crippen molar-refractivity contribution in [3.63, 3.8) is 0 Å². The van der Waals surface area contributed by atoms with Crippen LogP contribution in [0.1, 0.15) is 34.1 Å². The SMILES string of the molecule is CC/C(NC(C)C)=C(/C)C(=O)O. The summed E-state index contributed by atoms with van der Waals surface area (Å²) in [5, 5.41) is 11.8. The highest BCUT2D eigenvalue weighted by Crippen LogP contribution is 2.05. The van der Waals surface area contributed by atoms with Gasteiger partial charge in [0.2, 0.25) is 0 Å². The second-order valence-electron chi connectivity index (χ2n) is 3.06. The summed E-state index contributed by atoms with van der Waals surface area (Å²) in [4.78, 5) is 10.6. The largest absolute Gasteiger partial charge is 0.478 e. The van der Waals surface area contributed by atoms with Crippen LogP contribution in [0.25, 0.3) is 0 Å². The van der Waals surface area contributed by atoms with Crippen LogP contribution in [-0.4, -0.2) is 17.1 Å². The number of carboxylic acid groups (broad SMARTS) is 1. The van der Waals surface area contributed by atoms with Gasteiger partial charge >= 0.3 is 5.97 Å². The first-order valence-electron chi connectivity index (χ1n) is 4.18. The van der Waals surface area contributed by atoms with E-state index in [1.54, 1.807) is 6.92 Å². The molecule has 3 nitrogen and oxygen atoms in total. The molecule has 2 N–H and O–H groups in total. The first kappa shape index (κ1) is 11.0. The third kappa shape index (κ3) is 3.42. The lowest BCUT2D eigenvalue weighted by molar-refractivity contribution is -0.132. The second kappa shape index (κ2) is 4.80. The normalized spacial score (nSPS) is 12.8. The Morgan fingerprint density at radius 3 is 2.25 bits per heavy atom. The van der Waals surface area contributed by atoms with E-state index in [1.807, 2.05) is 20.8 Å². The summed E-state index contributed by atoms with van der Waals surface area (Å²) >= 11 is 0. The minimum Gasteiger partial charge on any atom is -0.478 e. The van der Waals surface area contributed by atoms with Crippen LogP contribution in [0.2, 0.25) is 0 Å². The molecule has 0 aliphatic carbocycles. The van der Waals surface area contributed by atoms with Gasteiger partial charge < -0.3 is 10.4 Å². The number of rotatable bonds is 4. The van der Waals surface area contributed by atoms with Gasteiger partial charge in [-0.3, -0.25) is 0 Å². The Hall–Kier alpha value is -0.990. The van der Waals surface area contributed by atoms with Gasteiger partial charge in [-0.2, -0.15) is 0 Å². The maximum atomic E-state index is 10.6. The van der Waals surface area contributed by atoms with E-state index in [9.17, 15) is 4.79 Å². The van der Waals surface area contributed by atoms with Crippen molar-refractivity contribution in [2.45, 2.75) is 40.2 Å². The molecule has 0 rings (SSSR count). The van der Waals surface area contributed by atoms with Crippen molar-refractivity contribution in [2.75, 3.05) is 0 Å². The molecule has 0 radical (unpaired) electrons. The molecule has 0 aromatic carbocycles. The van der Waals surface area contributed by atoms with Gasteiger partial charge in [-0.15, -0.1) is 0 Å². The zero-order valence-electron chi connectivity index (χ0n) is 8.14. The van der Waals surface area contributed by atoms with E-state index in [4.69, 9.17) is 5.11 Å². The van der Waals surface area contributed by atoms with Gasteiger partial charge in [0.15, 0.2) is 0 Å². The molecule has 0 aliphatic rings. The van der Waals surface area contributed by atoms with E-state index in [-0.39, 0.29) is 6.04 Å². The number of aliphatic carboxylic acids is 1. The summed E-state index contributed by atoms with van der Waals surface area (Å²) in [5.41, 5.74) is 1.23. The summed E-state index contributed by atoms with van der Waals surface area (Å²) in [5.74, 6) is -0.847.